The van der Waals surface area contributed by atoms with Crippen molar-refractivity contribution in [3.63, 3.8) is 0 Å². The van der Waals surface area contributed by atoms with E-state index in [4.69, 9.17) is 10.5 Å². The van der Waals surface area contributed by atoms with Gasteiger partial charge in [0.2, 0.25) is 0 Å². The predicted molar refractivity (Wildman–Crippen MR) is 117 cm³/mol. The second-order valence-corrected chi connectivity index (χ2v) is 7.39. The van der Waals surface area contributed by atoms with Crippen molar-refractivity contribution in [1.82, 2.24) is 10.3 Å². The van der Waals surface area contributed by atoms with E-state index in [-0.39, 0.29) is 6.03 Å². The van der Waals surface area contributed by atoms with Gasteiger partial charge in [-0.15, -0.1) is 0 Å². The number of pyridine rings is 1. The average molecular weight is 412 g/mol. The molecule has 2 aromatic rings. The first kappa shape index (κ1) is 21.4. The van der Waals surface area contributed by atoms with Crippen molar-refractivity contribution in [3.8, 4) is 5.75 Å². The lowest BCUT2D eigenvalue weighted by molar-refractivity contribution is 0.100. The number of hydrogen-bond donors (Lipinski definition) is 4. The number of aromatic nitrogens is 1. The Labute approximate surface area is 176 Å². The lowest BCUT2D eigenvalue weighted by Gasteiger charge is -2.18. The van der Waals surface area contributed by atoms with Crippen LogP contribution in [0.15, 0.2) is 36.5 Å². The first-order valence-corrected chi connectivity index (χ1v) is 10.4. The second-order valence-electron chi connectivity index (χ2n) is 7.39. The topological polar surface area (TPSA) is 118 Å². The summed E-state index contributed by atoms with van der Waals surface area (Å²) in [5.41, 5.74) is 7.43. The summed E-state index contributed by atoms with van der Waals surface area (Å²) in [4.78, 5) is 27.8. The van der Waals surface area contributed by atoms with Crippen molar-refractivity contribution < 1.29 is 14.3 Å². The molecule has 160 valence electrons. The van der Waals surface area contributed by atoms with E-state index in [1.807, 2.05) is 19.1 Å². The number of carbonyl (C=O) groups excluding carboxylic acids is 2. The number of nitrogens with two attached hydrogens (primary N) is 1. The van der Waals surface area contributed by atoms with Crippen LogP contribution in [0.1, 0.15) is 48.5 Å². The Kier molecular flexibility index (Phi) is 7.48. The van der Waals surface area contributed by atoms with Crippen molar-refractivity contribution in [1.29, 1.82) is 0 Å². The SMILES string of the molecule is CCNC(=O)Nc1cc(CNc2c(OCC3CCCC3)cccc2C(N)=O)ccn1. The summed E-state index contributed by atoms with van der Waals surface area (Å²) in [6.07, 6.45) is 6.47. The van der Waals surface area contributed by atoms with Crippen LogP contribution in [0.2, 0.25) is 0 Å². The molecule has 5 N–H and O–H groups in total. The Morgan fingerprint density at radius 1 is 1.23 bits per heavy atom. The van der Waals surface area contributed by atoms with Crippen LogP contribution >= 0.6 is 0 Å². The molecule has 30 heavy (non-hydrogen) atoms. The molecule has 8 heteroatoms. The maximum Gasteiger partial charge on any atom is 0.320 e. The molecule has 0 spiro atoms. The van der Waals surface area contributed by atoms with Gasteiger partial charge in [0.15, 0.2) is 0 Å². The van der Waals surface area contributed by atoms with Crippen LogP contribution in [-0.2, 0) is 6.54 Å². The van der Waals surface area contributed by atoms with Gasteiger partial charge in [-0.3, -0.25) is 10.1 Å². The van der Waals surface area contributed by atoms with E-state index >= 15 is 0 Å². The van der Waals surface area contributed by atoms with Crippen LogP contribution in [0.5, 0.6) is 5.75 Å². The molecule has 1 aromatic heterocycles. The number of nitrogens with zero attached hydrogens (tertiary/aromatic N) is 1. The molecule has 0 aliphatic heterocycles. The fraction of sp³-hybridized carbons (Fsp3) is 0.409. The zero-order valence-corrected chi connectivity index (χ0v) is 17.2. The molecular weight excluding hydrogens is 382 g/mol. The monoisotopic (exact) mass is 411 g/mol. The Balaban J connectivity index is 1.71. The Morgan fingerprint density at radius 3 is 2.77 bits per heavy atom. The Hall–Kier alpha value is -3.29. The molecule has 1 aromatic carbocycles. The van der Waals surface area contributed by atoms with Gasteiger partial charge in [-0.1, -0.05) is 18.9 Å². The highest BCUT2D eigenvalue weighted by atomic mass is 16.5. The third kappa shape index (κ3) is 5.85. The van der Waals surface area contributed by atoms with E-state index in [2.05, 4.69) is 20.9 Å². The van der Waals surface area contributed by atoms with E-state index in [1.54, 1.807) is 24.4 Å². The largest absolute Gasteiger partial charge is 0.491 e. The first-order chi connectivity index (χ1) is 14.6. The van der Waals surface area contributed by atoms with Gasteiger partial charge in [-0.05, 0) is 55.5 Å². The maximum atomic E-state index is 11.9. The highest BCUT2D eigenvalue weighted by molar-refractivity contribution is 5.99. The number of rotatable bonds is 9. The Morgan fingerprint density at radius 2 is 2.03 bits per heavy atom. The number of urea groups is 1. The molecule has 1 aliphatic carbocycles. The number of hydrogen-bond acceptors (Lipinski definition) is 5. The van der Waals surface area contributed by atoms with E-state index in [0.717, 1.165) is 5.56 Å². The van der Waals surface area contributed by atoms with Crippen LogP contribution in [0, 0.1) is 5.92 Å². The molecule has 0 saturated heterocycles. The van der Waals surface area contributed by atoms with E-state index in [9.17, 15) is 9.59 Å². The fourth-order valence-electron chi connectivity index (χ4n) is 3.59. The van der Waals surface area contributed by atoms with Gasteiger partial charge >= 0.3 is 6.03 Å². The third-order valence-electron chi connectivity index (χ3n) is 5.11. The van der Waals surface area contributed by atoms with E-state index in [1.165, 1.54) is 25.7 Å². The van der Waals surface area contributed by atoms with Gasteiger partial charge < -0.3 is 21.1 Å². The van der Waals surface area contributed by atoms with Crippen LogP contribution in [0.4, 0.5) is 16.3 Å². The molecular formula is C22H29N5O3. The number of amides is 3. The highest BCUT2D eigenvalue weighted by Gasteiger charge is 2.18. The normalized spacial score (nSPS) is 13.6. The van der Waals surface area contributed by atoms with Crippen molar-refractivity contribution in [3.05, 3.63) is 47.7 Å². The molecule has 1 heterocycles. The number of anilines is 2. The number of para-hydroxylation sites is 1. The van der Waals surface area contributed by atoms with Gasteiger partial charge in [0, 0.05) is 19.3 Å². The van der Waals surface area contributed by atoms with Crippen molar-refractivity contribution >= 4 is 23.4 Å². The van der Waals surface area contributed by atoms with E-state index in [0.29, 0.717) is 48.4 Å². The summed E-state index contributed by atoms with van der Waals surface area (Å²) >= 11 is 0. The van der Waals surface area contributed by atoms with Crippen LogP contribution < -0.4 is 26.4 Å². The van der Waals surface area contributed by atoms with Crippen LogP contribution in [0.3, 0.4) is 0 Å². The van der Waals surface area contributed by atoms with Gasteiger partial charge in [0.25, 0.3) is 5.91 Å². The molecule has 0 atom stereocenters. The highest BCUT2D eigenvalue weighted by Crippen LogP contribution is 2.31. The number of carbonyl (C=O) groups is 2. The summed E-state index contributed by atoms with van der Waals surface area (Å²) < 4.78 is 6.06. The first-order valence-electron chi connectivity index (χ1n) is 10.4. The lowest BCUT2D eigenvalue weighted by atomic mass is 10.1. The summed E-state index contributed by atoms with van der Waals surface area (Å²) in [6.45, 7) is 3.42. The van der Waals surface area contributed by atoms with Gasteiger partial charge in [0.1, 0.15) is 11.6 Å². The molecule has 3 amide bonds. The fourth-order valence-corrected chi connectivity index (χ4v) is 3.59. The van der Waals surface area contributed by atoms with Gasteiger partial charge in [-0.25, -0.2) is 9.78 Å². The molecule has 0 radical (unpaired) electrons. The Bertz CT molecular complexity index is 881. The standard InChI is InChI=1S/C22H29N5O3/c1-2-24-22(29)27-19-12-16(10-11-25-19)13-26-20-17(21(23)28)8-5-9-18(20)30-14-15-6-3-4-7-15/h5,8-12,15,26H,2-4,6-7,13-14H2,1H3,(H2,23,28)(H2,24,25,27,29). The van der Waals surface area contributed by atoms with Crippen LogP contribution in [-0.4, -0.2) is 30.1 Å². The minimum Gasteiger partial charge on any atom is -0.491 e. The zero-order valence-electron chi connectivity index (χ0n) is 17.2. The van der Waals surface area contributed by atoms with Gasteiger partial charge in [-0.2, -0.15) is 0 Å². The summed E-state index contributed by atoms with van der Waals surface area (Å²) in [6, 6.07) is 8.60. The summed E-state index contributed by atoms with van der Waals surface area (Å²) in [7, 11) is 0. The maximum absolute atomic E-state index is 11.9. The smallest absolute Gasteiger partial charge is 0.320 e. The number of primary amides is 1. The molecule has 3 rings (SSSR count). The number of benzene rings is 1. The molecule has 0 bridgehead atoms. The molecule has 1 saturated carbocycles. The third-order valence-corrected chi connectivity index (χ3v) is 5.11. The van der Waals surface area contributed by atoms with Crippen molar-refractivity contribution in [2.45, 2.75) is 39.2 Å². The average Bonchev–Trinajstić information content (AvgIpc) is 3.25. The molecule has 1 aliphatic rings. The number of ether oxygens (including phenoxy) is 1. The molecule has 1 fully saturated rings. The summed E-state index contributed by atoms with van der Waals surface area (Å²) in [5, 5.41) is 8.63. The van der Waals surface area contributed by atoms with Crippen molar-refractivity contribution in [2.24, 2.45) is 11.7 Å². The van der Waals surface area contributed by atoms with E-state index < -0.39 is 5.91 Å². The summed E-state index contributed by atoms with van der Waals surface area (Å²) in [5.74, 6) is 1.10. The van der Waals surface area contributed by atoms with Gasteiger partial charge in [0.05, 0.1) is 17.9 Å². The zero-order chi connectivity index (χ0) is 21.3. The molecule has 8 nitrogen and oxygen atoms in total. The minimum absolute atomic E-state index is 0.309. The number of nitrogens with one attached hydrogen (secondary N) is 3. The van der Waals surface area contributed by atoms with Crippen molar-refractivity contribution in [2.75, 3.05) is 23.8 Å². The van der Waals surface area contributed by atoms with Crippen LogP contribution in [0.25, 0.3) is 0 Å². The second kappa shape index (κ2) is 10.5. The predicted octanol–water partition coefficient (Wildman–Crippen LogP) is 3.50. The minimum atomic E-state index is -0.517. The quantitative estimate of drug-likeness (QED) is 0.504. The molecule has 0 unspecified atom stereocenters. The lowest BCUT2D eigenvalue weighted by Crippen LogP contribution is -2.28.